The standard InChI is InChI=1S/C72H137NO5/c1-3-5-7-9-11-13-15-17-19-21-23-25-27-29-31-33-35-36-38-39-41-43-45-47-49-51-53-55-57-59-61-63-65-69(75)71(77)68(67-74)73-72(78)70(76)66-64-62-60-58-56-54-52-50-48-46-44-42-40-37-34-32-30-28-26-24-22-20-18-16-14-12-10-8-6-4-2/h24,26,30,32,49,51,57,59,68-71,74-77H,3-23,25,27-29,31,33-48,50,52-56,58,60-67H2,1-2H3,(H,73,78)/b26-24-,32-30-,51-49+,59-57+. The average molecular weight is 1100 g/mol. The zero-order valence-corrected chi connectivity index (χ0v) is 52.4. The van der Waals surface area contributed by atoms with Gasteiger partial charge in [-0.3, -0.25) is 4.79 Å². The van der Waals surface area contributed by atoms with E-state index in [1.165, 1.54) is 295 Å². The van der Waals surface area contributed by atoms with Gasteiger partial charge in [0.1, 0.15) is 12.2 Å². The molecule has 0 aliphatic carbocycles. The predicted octanol–water partition coefficient (Wildman–Crippen LogP) is 21.7. The van der Waals surface area contributed by atoms with Crippen molar-refractivity contribution in [2.75, 3.05) is 6.61 Å². The summed E-state index contributed by atoms with van der Waals surface area (Å²) in [6, 6.07) is -1.01. The normalized spacial score (nSPS) is 13.8. The van der Waals surface area contributed by atoms with E-state index in [-0.39, 0.29) is 0 Å². The van der Waals surface area contributed by atoms with Crippen molar-refractivity contribution in [1.29, 1.82) is 0 Å². The lowest BCUT2D eigenvalue weighted by atomic mass is 10.00. The highest BCUT2D eigenvalue weighted by molar-refractivity contribution is 5.80. The van der Waals surface area contributed by atoms with E-state index in [1.807, 2.05) is 0 Å². The second-order valence-corrected chi connectivity index (χ2v) is 24.2. The number of hydrogen-bond donors (Lipinski definition) is 5. The highest BCUT2D eigenvalue weighted by Gasteiger charge is 2.28. The molecule has 5 N–H and O–H groups in total. The molecule has 0 saturated heterocycles. The van der Waals surface area contributed by atoms with E-state index in [9.17, 15) is 25.2 Å². The number of allylic oxidation sites excluding steroid dienone is 8. The van der Waals surface area contributed by atoms with Crippen molar-refractivity contribution >= 4 is 5.91 Å². The van der Waals surface area contributed by atoms with Crippen LogP contribution in [0.2, 0.25) is 0 Å². The first kappa shape index (κ1) is 76.3. The molecular formula is C72H137NO5. The summed E-state index contributed by atoms with van der Waals surface area (Å²) in [5.74, 6) is -0.594. The minimum Gasteiger partial charge on any atom is -0.394 e. The fourth-order valence-electron chi connectivity index (χ4n) is 11.0. The molecule has 6 heteroatoms. The van der Waals surface area contributed by atoms with Gasteiger partial charge in [-0.05, 0) is 83.5 Å². The molecule has 0 aliphatic heterocycles. The van der Waals surface area contributed by atoms with E-state index in [0.717, 1.165) is 44.9 Å². The maximum Gasteiger partial charge on any atom is 0.249 e. The van der Waals surface area contributed by atoms with Crippen LogP contribution in [0.4, 0.5) is 0 Å². The van der Waals surface area contributed by atoms with Gasteiger partial charge in [-0.15, -0.1) is 0 Å². The summed E-state index contributed by atoms with van der Waals surface area (Å²) in [5.41, 5.74) is 0. The van der Waals surface area contributed by atoms with Crippen molar-refractivity contribution in [3.8, 4) is 0 Å². The summed E-state index contributed by atoms with van der Waals surface area (Å²) < 4.78 is 0. The van der Waals surface area contributed by atoms with E-state index in [0.29, 0.717) is 19.3 Å². The van der Waals surface area contributed by atoms with Crippen LogP contribution in [-0.4, -0.2) is 57.3 Å². The third kappa shape index (κ3) is 58.9. The number of aliphatic hydroxyl groups excluding tert-OH is 4. The van der Waals surface area contributed by atoms with Gasteiger partial charge in [0.05, 0.1) is 18.8 Å². The number of carbonyl (C=O) groups excluding carboxylic acids is 1. The van der Waals surface area contributed by atoms with Crippen LogP contribution in [0, 0.1) is 0 Å². The molecule has 4 unspecified atom stereocenters. The lowest BCUT2D eigenvalue weighted by molar-refractivity contribution is -0.132. The number of amides is 1. The smallest absolute Gasteiger partial charge is 0.249 e. The van der Waals surface area contributed by atoms with Crippen LogP contribution in [0.25, 0.3) is 0 Å². The fourth-order valence-corrected chi connectivity index (χ4v) is 11.0. The first-order valence-electron chi connectivity index (χ1n) is 35.0. The number of unbranched alkanes of at least 4 members (excludes halogenated alkanes) is 48. The maximum atomic E-state index is 12.7. The Morgan fingerprint density at radius 3 is 0.885 bits per heavy atom. The van der Waals surface area contributed by atoms with Crippen molar-refractivity contribution in [3.63, 3.8) is 0 Å². The Hall–Kier alpha value is -1.73. The highest BCUT2D eigenvalue weighted by atomic mass is 16.3. The molecule has 0 fully saturated rings. The molecule has 0 bridgehead atoms. The van der Waals surface area contributed by atoms with Crippen LogP contribution in [0.15, 0.2) is 48.6 Å². The van der Waals surface area contributed by atoms with E-state index in [1.54, 1.807) is 0 Å². The number of rotatable bonds is 65. The van der Waals surface area contributed by atoms with Crippen LogP contribution in [0.3, 0.4) is 0 Å². The van der Waals surface area contributed by atoms with Gasteiger partial charge in [-0.25, -0.2) is 0 Å². The van der Waals surface area contributed by atoms with Crippen LogP contribution in [0.5, 0.6) is 0 Å². The van der Waals surface area contributed by atoms with Crippen molar-refractivity contribution in [2.24, 2.45) is 0 Å². The molecular weight excluding hydrogens is 959 g/mol. The Morgan fingerprint density at radius 2 is 0.577 bits per heavy atom. The van der Waals surface area contributed by atoms with Gasteiger partial charge in [0.15, 0.2) is 0 Å². The third-order valence-corrected chi connectivity index (χ3v) is 16.5. The average Bonchev–Trinajstić information content (AvgIpc) is 3.45. The van der Waals surface area contributed by atoms with Crippen LogP contribution in [-0.2, 0) is 4.79 Å². The first-order valence-corrected chi connectivity index (χ1v) is 35.0. The largest absolute Gasteiger partial charge is 0.394 e. The molecule has 0 spiro atoms. The fraction of sp³-hybridized carbons (Fsp3) is 0.875. The van der Waals surface area contributed by atoms with Crippen molar-refractivity contribution in [2.45, 2.75) is 398 Å². The summed E-state index contributed by atoms with van der Waals surface area (Å²) in [6.45, 7) is 4.09. The van der Waals surface area contributed by atoms with Gasteiger partial charge in [0.2, 0.25) is 5.91 Å². The molecule has 6 nitrogen and oxygen atoms in total. The Balaban J connectivity index is 3.61. The molecule has 0 rings (SSSR count). The molecule has 4 atom stereocenters. The van der Waals surface area contributed by atoms with Crippen LogP contribution < -0.4 is 5.32 Å². The van der Waals surface area contributed by atoms with E-state index in [4.69, 9.17) is 0 Å². The lowest BCUT2D eigenvalue weighted by Crippen LogP contribution is -2.53. The van der Waals surface area contributed by atoms with Crippen LogP contribution in [0.1, 0.15) is 373 Å². The molecule has 0 radical (unpaired) electrons. The quantitative estimate of drug-likeness (QED) is 0.0308. The number of carbonyl (C=O) groups is 1. The van der Waals surface area contributed by atoms with E-state index in [2.05, 4.69) is 67.8 Å². The highest BCUT2D eigenvalue weighted by Crippen LogP contribution is 2.19. The summed E-state index contributed by atoms with van der Waals surface area (Å²) in [4.78, 5) is 12.7. The van der Waals surface area contributed by atoms with Crippen LogP contribution >= 0.6 is 0 Å². The molecule has 0 heterocycles. The zero-order valence-electron chi connectivity index (χ0n) is 52.4. The monoisotopic (exact) mass is 1100 g/mol. The molecule has 460 valence electrons. The zero-order chi connectivity index (χ0) is 56.6. The van der Waals surface area contributed by atoms with Gasteiger partial charge in [0.25, 0.3) is 0 Å². The van der Waals surface area contributed by atoms with Gasteiger partial charge in [-0.2, -0.15) is 0 Å². The number of hydrogen-bond acceptors (Lipinski definition) is 5. The SMILES string of the molecule is CCCCCCCCCCC/C=C\C/C=C\CCCCCCCCCCCCCCCCC(O)C(=O)NC(CO)C(O)C(O)CCC/C=C/CC/C=C/CCCCCCCCCCCCCCCCCCCCCCCCC. The van der Waals surface area contributed by atoms with Crippen molar-refractivity contribution in [3.05, 3.63) is 48.6 Å². The minimum absolute atomic E-state index is 0.359. The summed E-state index contributed by atoms with van der Waals surface area (Å²) in [6.07, 6.45) is 86.7. The Bertz CT molecular complexity index is 1280. The van der Waals surface area contributed by atoms with Gasteiger partial charge in [-0.1, -0.05) is 339 Å². The van der Waals surface area contributed by atoms with Gasteiger partial charge in [0, 0.05) is 0 Å². The minimum atomic E-state index is -1.29. The molecule has 1 amide bonds. The molecule has 0 aromatic carbocycles. The number of aliphatic hydroxyl groups is 4. The topological polar surface area (TPSA) is 110 Å². The Labute approximate surface area is 487 Å². The van der Waals surface area contributed by atoms with Crippen molar-refractivity contribution in [1.82, 2.24) is 5.32 Å². The second-order valence-electron chi connectivity index (χ2n) is 24.2. The van der Waals surface area contributed by atoms with Crippen molar-refractivity contribution < 1.29 is 25.2 Å². The molecule has 78 heavy (non-hydrogen) atoms. The van der Waals surface area contributed by atoms with Gasteiger partial charge >= 0.3 is 0 Å². The van der Waals surface area contributed by atoms with Gasteiger partial charge < -0.3 is 25.7 Å². The predicted molar refractivity (Wildman–Crippen MR) is 343 cm³/mol. The Morgan fingerprint density at radius 1 is 0.321 bits per heavy atom. The maximum absolute atomic E-state index is 12.7. The molecule has 0 aromatic heterocycles. The second kappa shape index (κ2) is 66.1. The third-order valence-electron chi connectivity index (χ3n) is 16.5. The summed E-state index contributed by atoms with van der Waals surface area (Å²) in [7, 11) is 0. The summed E-state index contributed by atoms with van der Waals surface area (Å²) in [5, 5.41) is 44.2. The summed E-state index contributed by atoms with van der Waals surface area (Å²) >= 11 is 0. The molecule has 0 aliphatic rings. The number of nitrogens with one attached hydrogen (secondary N) is 1. The Kier molecular flexibility index (Phi) is 64.6. The van der Waals surface area contributed by atoms with E-state index >= 15 is 0 Å². The molecule has 0 aromatic rings. The lowest BCUT2D eigenvalue weighted by Gasteiger charge is -2.27. The van der Waals surface area contributed by atoms with E-state index < -0.39 is 36.9 Å². The first-order chi connectivity index (χ1) is 38.5. The molecule has 0 saturated carbocycles.